The summed E-state index contributed by atoms with van der Waals surface area (Å²) in [6, 6.07) is -0.117. The van der Waals surface area contributed by atoms with Crippen molar-refractivity contribution in [2.45, 2.75) is 13.0 Å². The van der Waals surface area contributed by atoms with E-state index in [-0.39, 0.29) is 12.0 Å². The van der Waals surface area contributed by atoms with Crippen LogP contribution in [0.15, 0.2) is 35.7 Å². The highest BCUT2D eigenvalue weighted by molar-refractivity contribution is 5.62. The van der Waals surface area contributed by atoms with Gasteiger partial charge in [-0.2, -0.15) is 0 Å². The van der Waals surface area contributed by atoms with Gasteiger partial charge in [0.15, 0.2) is 0 Å². The number of rotatable bonds is 10. The molecule has 0 aliphatic heterocycles. The molecule has 19 heavy (non-hydrogen) atoms. The molecule has 1 unspecified atom stereocenters. The van der Waals surface area contributed by atoms with Crippen LogP contribution in [0.1, 0.15) is 12.5 Å². The Morgan fingerprint density at radius 3 is 3.05 bits per heavy atom. The molecule has 0 aliphatic rings. The van der Waals surface area contributed by atoms with Crippen molar-refractivity contribution in [3.63, 3.8) is 0 Å². The first-order valence-corrected chi connectivity index (χ1v) is 6.28. The molecule has 0 radical (unpaired) electrons. The molecule has 0 aromatic carbocycles. The molecule has 1 aromatic heterocycles. The average Bonchev–Trinajstić information content (AvgIpc) is 2.94. The standard InChI is InChI=1S/C14H20N2O3/c1-3-14(15-7-8-18-4-2)13(10-17)6-5-12-9-16-19-11-12/h3,5-6,9-11,13-15H,1,4,7-8H2,2H3/b6-5+/t13-,14?/m1/s1. The van der Waals surface area contributed by atoms with E-state index in [0.29, 0.717) is 19.8 Å². The summed E-state index contributed by atoms with van der Waals surface area (Å²) in [5, 5.41) is 6.81. The minimum Gasteiger partial charge on any atom is -0.380 e. The molecular formula is C14H20N2O3. The lowest BCUT2D eigenvalue weighted by atomic mass is 10.00. The number of nitrogens with one attached hydrogen (secondary N) is 1. The summed E-state index contributed by atoms with van der Waals surface area (Å²) in [6.45, 7) is 7.67. The number of aromatic nitrogens is 1. The molecule has 1 heterocycles. The number of aldehydes is 1. The summed E-state index contributed by atoms with van der Waals surface area (Å²) >= 11 is 0. The van der Waals surface area contributed by atoms with E-state index >= 15 is 0 Å². The van der Waals surface area contributed by atoms with Gasteiger partial charge in [-0.3, -0.25) is 0 Å². The third kappa shape index (κ3) is 5.63. The third-order valence-electron chi connectivity index (χ3n) is 2.62. The van der Waals surface area contributed by atoms with E-state index in [1.165, 1.54) is 6.26 Å². The zero-order chi connectivity index (χ0) is 13.9. The fraction of sp³-hybridized carbons (Fsp3) is 0.429. The smallest absolute Gasteiger partial charge is 0.131 e. The fourth-order valence-corrected chi connectivity index (χ4v) is 1.59. The Labute approximate surface area is 113 Å². The van der Waals surface area contributed by atoms with Gasteiger partial charge >= 0.3 is 0 Å². The Bertz CT molecular complexity index is 387. The van der Waals surface area contributed by atoms with Crippen LogP contribution in [0.3, 0.4) is 0 Å². The zero-order valence-corrected chi connectivity index (χ0v) is 11.1. The molecule has 2 atom stereocenters. The molecule has 104 valence electrons. The number of hydrogen-bond donors (Lipinski definition) is 1. The molecule has 0 aliphatic carbocycles. The topological polar surface area (TPSA) is 64.4 Å². The number of carbonyl (C=O) groups is 1. The van der Waals surface area contributed by atoms with E-state index in [4.69, 9.17) is 9.26 Å². The van der Waals surface area contributed by atoms with Gasteiger partial charge in [0.2, 0.25) is 0 Å². The van der Waals surface area contributed by atoms with Crippen molar-refractivity contribution in [3.8, 4) is 0 Å². The lowest BCUT2D eigenvalue weighted by molar-refractivity contribution is -0.110. The number of ether oxygens (including phenoxy) is 1. The first-order chi connectivity index (χ1) is 9.31. The number of hydrogen-bond acceptors (Lipinski definition) is 5. The van der Waals surface area contributed by atoms with Crippen molar-refractivity contribution in [1.29, 1.82) is 0 Å². The predicted octanol–water partition coefficient (Wildman–Crippen LogP) is 1.68. The molecule has 0 saturated carbocycles. The summed E-state index contributed by atoms with van der Waals surface area (Å²) < 4.78 is 9.95. The minimum atomic E-state index is -0.283. The lowest BCUT2D eigenvalue weighted by Crippen LogP contribution is -2.36. The van der Waals surface area contributed by atoms with Gasteiger partial charge in [-0.1, -0.05) is 23.4 Å². The van der Waals surface area contributed by atoms with Gasteiger partial charge in [-0.05, 0) is 6.92 Å². The quantitative estimate of drug-likeness (QED) is 0.396. The highest BCUT2D eigenvalue weighted by atomic mass is 16.5. The van der Waals surface area contributed by atoms with Gasteiger partial charge in [0, 0.05) is 24.8 Å². The van der Waals surface area contributed by atoms with Gasteiger partial charge in [-0.15, -0.1) is 6.58 Å². The summed E-state index contributed by atoms with van der Waals surface area (Å²) in [7, 11) is 0. The van der Waals surface area contributed by atoms with Crippen LogP contribution in [0.4, 0.5) is 0 Å². The highest BCUT2D eigenvalue weighted by Gasteiger charge is 2.14. The van der Waals surface area contributed by atoms with Crippen molar-refractivity contribution in [2.75, 3.05) is 19.8 Å². The van der Waals surface area contributed by atoms with Gasteiger partial charge in [-0.25, -0.2) is 0 Å². The minimum absolute atomic E-state index is 0.117. The number of nitrogens with zero attached hydrogens (tertiary/aromatic N) is 1. The van der Waals surface area contributed by atoms with Crippen molar-refractivity contribution in [1.82, 2.24) is 10.5 Å². The normalized spacial score (nSPS) is 14.4. The molecule has 1 rings (SSSR count). The van der Waals surface area contributed by atoms with Crippen molar-refractivity contribution in [3.05, 3.63) is 36.8 Å². The molecule has 1 aromatic rings. The second-order valence-electron chi connectivity index (χ2n) is 3.94. The van der Waals surface area contributed by atoms with Crippen LogP contribution >= 0.6 is 0 Å². The third-order valence-corrected chi connectivity index (χ3v) is 2.62. The van der Waals surface area contributed by atoms with E-state index in [1.807, 2.05) is 6.92 Å². The van der Waals surface area contributed by atoms with Crippen LogP contribution < -0.4 is 5.32 Å². The SMILES string of the molecule is C=CC(NCCOCC)[C@@H](C=O)/C=C/c1cnoc1. The number of carbonyl (C=O) groups excluding carboxylic acids is 1. The van der Waals surface area contributed by atoms with Crippen molar-refractivity contribution >= 4 is 12.4 Å². The summed E-state index contributed by atoms with van der Waals surface area (Å²) in [6.07, 6.45) is 9.33. The Balaban J connectivity index is 2.50. The summed E-state index contributed by atoms with van der Waals surface area (Å²) in [5.41, 5.74) is 0.823. The fourth-order valence-electron chi connectivity index (χ4n) is 1.59. The van der Waals surface area contributed by atoms with Crippen LogP contribution in [0.25, 0.3) is 6.08 Å². The Morgan fingerprint density at radius 2 is 2.47 bits per heavy atom. The maximum absolute atomic E-state index is 11.1. The first-order valence-electron chi connectivity index (χ1n) is 6.28. The van der Waals surface area contributed by atoms with Gasteiger partial charge in [0.25, 0.3) is 0 Å². The molecule has 5 heteroatoms. The van der Waals surface area contributed by atoms with Gasteiger partial charge in [0.05, 0.1) is 18.7 Å². The molecule has 5 nitrogen and oxygen atoms in total. The molecule has 0 saturated heterocycles. The van der Waals surface area contributed by atoms with Crippen LogP contribution in [0, 0.1) is 5.92 Å². The molecule has 0 bridgehead atoms. The van der Waals surface area contributed by atoms with Crippen LogP contribution in [0.5, 0.6) is 0 Å². The first kappa shape index (κ1) is 15.3. The van der Waals surface area contributed by atoms with E-state index < -0.39 is 0 Å². The predicted molar refractivity (Wildman–Crippen MR) is 73.6 cm³/mol. The average molecular weight is 264 g/mol. The van der Waals surface area contributed by atoms with E-state index in [9.17, 15) is 4.79 Å². The second-order valence-corrected chi connectivity index (χ2v) is 3.94. The van der Waals surface area contributed by atoms with Crippen LogP contribution in [-0.4, -0.2) is 37.2 Å². The lowest BCUT2D eigenvalue weighted by Gasteiger charge is -2.18. The van der Waals surface area contributed by atoms with E-state index in [1.54, 1.807) is 24.4 Å². The molecule has 0 spiro atoms. The van der Waals surface area contributed by atoms with Gasteiger partial charge in [0.1, 0.15) is 12.5 Å². The highest BCUT2D eigenvalue weighted by Crippen LogP contribution is 2.08. The Hall–Kier alpha value is -1.72. The summed E-state index contributed by atoms with van der Waals surface area (Å²) in [5.74, 6) is -0.283. The monoisotopic (exact) mass is 264 g/mol. The van der Waals surface area contributed by atoms with E-state index in [2.05, 4.69) is 17.1 Å². The molecule has 0 fully saturated rings. The van der Waals surface area contributed by atoms with Crippen LogP contribution in [-0.2, 0) is 9.53 Å². The second kappa shape index (κ2) is 9.24. The van der Waals surface area contributed by atoms with Crippen molar-refractivity contribution in [2.24, 2.45) is 5.92 Å². The van der Waals surface area contributed by atoms with E-state index in [0.717, 1.165) is 11.8 Å². The largest absolute Gasteiger partial charge is 0.380 e. The molecule has 0 amide bonds. The maximum Gasteiger partial charge on any atom is 0.131 e. The summed E-state index contributed by atoms with van der Waals surface area (Å²) in [4.78, 5) is 11.1. The van der Waals surface area contributed by atoms with Crippen molar-refractivity contribution < 1.29 is 14.1 Å². The molecule has 1 N–H and O–H groups in total. The maximum atomic E-state index is 11.1. The molecular weight excluding hydrogens is 244 g/mol. The zero-order valence-electron chi connectivity index (χ0n) is 11.1. The Morgan fingerprint density at radius 1 is 1.63 bits per heavy atom. The van der Waals surface area contributed by atoms with Gasteiger partial charge < -0.3 is 19.4 Å². The Kier molecular flexibility index (Phi) is 7.46. The van der Waals surface area contributed by atoms with Crippen LogP contribution in [0.2, 0.25) is 0 Å².